The molecule has 7 heteroatoms. The summed E-state index contributed by atoms with van der Waals surface area (Å²) >= 11 is 1.39. The first-order valence-corrected chi connectivity index (χ1v) is 9.73. The number of aliphatic hydroxyl groups is 1. The molecule has 6 nitrogen and oxygen atoms in total. The first-order valence-electron chi connectivity index (χ1n) is 8.85. The fraction of sp³-hybridized carbons (Fsp3) is 0.556. The number of thiazole rings is 1. The van der Waals surface area contributed by atoms with Crippen LogP contribution in [0.5, 0.6) is 0 Å². The molecule has 0 unspecified atom stereocenters. The largest absolute Gasteiger partial charge is 0.390 e. The van der Waals surface area contributed by atoms with Gasteiger partial charge in [-0.15, -0.1) is 11.3 Å². The van der Waals surface area contributed by atoms with Gasteiger partial charge in [0.15, 0.2) is 10.8 Å². The van der Waals surface area contributed by atoms with Gasteiger partial charge < -0.3 is 10.0 Å². The Labute approximate surface area is 151 Å². The zero-order valence-electron chi connectivity index (χ0n) is 14.3. The first kappa shape index (κ1) is 16.6. The molecule has 3 heterocycles. The summed E-state index contributed by atoms with van der Waals surface area (Å²) in [7, 11) is 0. The molecule has 0 radical (unpaired) electrons. The number of aromatic nitrogens is 3. The van der Waals surface area contributed by atoms with E-state index in [1.54, 1.807) is 23.8 Å². The third-order valence-electron chi connectivity index (χ3n) is 5.70. The number of fused-ring (bicyclic) bond motifs is 1. The minimum absolute atomic E-state index is 0.0497. The number of likely N-dealkylation sites (tertiary alicyclic amines) is 1. The van der Waals surface area contributed by atoms with Gasteiger partial charge in [-0.2, -0.15) is 0 Å². The molecular weight excluding hydrogens is 336 g/mol. The van der Waals surface area contributed by atoms with Gasteiger partial charge in [-0.05, 0) is 31.2 Å². The van der Waals surface area contributed by atoms with Crippen molar-refractivity contribution in [3.8, 4) is 10.8 Å². The van der Waals surface area contributed by atoms with Crippen molar-refractivity contribution in [1.82, 2.24) is 19.9 Å². The summed E-state index contributed by atoms with van der Waals surface area (Å²) < 4.78 is 0. The second-order valence-corrected chi connectivity index (χ2v) is 7.89. The van der Waals surface area contributed by atoms with Gasteiger partial charge in [0.25, 0.3) is 5.91 Å². The average Bonchev–Trinajstić information content (AvgIpc) is 3.30. The van der Waals surface area contributed by atoms with E-state index in [4.69, 9.17) is 0 Å². The summed E-state index contributed by atoms with van der Waals surface area (Å²) in [5.41, 5.74) is -0.172. The highest BCUT2D eigenvalue weighted by molar-refractivity contribution is 7.13. The predicted molar refractivity (Wildman–Crippen MR) is 95.1 cm³/mol. The SMILES string of the molecule is CC[C@]1(O)CCC[C@H]2CN(C(=O)c3csc(-c4ncccn4)n3)C[C@H]21. The number of carbonyl (C=O) groups excluding carboxylic acids is 1. The molecule has 2 aromatic rings. The second-order valence-electron chi connectivity index (χ2n) is 7.04. The number of rotatable bonds is 3. The standard InChI is InChI=1S/C18H22N4O2S/c1-2-18(24)6-3-5-12-9-22(10-13(12)18)17(23)14-11-25-16(21-14)15-19-7-4-8-20-15/h4,7-8,11-13,24H,2-3,5-6,9-10H2,1H3/t12-,13+,18-/m0/s1. The molecule has 1 amide bonds. The van der Waals surface area contributed by atoms with Crippen LogP contribution < -0.4 is 0 Å². The van der Waals surface area contributed by atoms with Crippen molar-refractivity contribution in [2.45, 2.75) is 38.2 Å². The monoisotopic (exact) mass is 358 g/mol. The Hall–Kier alpha value is -1.86. The van der Waals surface area contributed by atoms with Gasteiger partial charge in [-0.25, -0.2) is 15.0 Å². The Morgan fingerprint density at radius 2 is 2.20 bits per heavy atom. The molecule has 2 aliphatic rings. The van der Waals surface area contributed by atoms with Crippen LogP contribution in [0.3, 0.4) is 0 Å². The smallest absolute Gasteiger partial charge is 0.273 e. The lowest BCUT2D eigenvalue weighted by molar-refractivity contribution is -0.0609. The molecular formula is C18H22N4O2S. The Morgan fingerprint density at radius 3 is 2.96 bits per heavy atom. The number of amides is 1. The van der Waals surface area contributed by atoms with Crippen LogP contribution in [0.25, 0.3) is 10.8 Å². The van der Waals surface area contributed by atoms with E-state index in [0.717, 1.165) is 32.2 Å². The van der Waals surface area contributed by atoms with Gasteiger partial charge in [-0.3, -0.25) is 4.79 Å². The quantitative estimate of drug-likeness (QED) is 0.912. The highest BCUT2D eigenvalue weighted by atomic mass is 32.1. The Bertz CT molecular complexity index is 765. The fourth-order valence-corrected chi connectivity index (χ4v) is 5.02. The summed E-state index contributed by atoms with van der Waals surface area (Å²) in [5.74, 6) is 1.08. The molecule has 3 atom stereocenters. The summed E-state index contributed by atoms with van der Waals surface area (Å²) in [6.07, 6.45) is 7.07. The number of carbonyl (C=O) groups is 1. The number of hydrogen-bond donors (Lipinski definition) is 1. The lowest BCUT2D eigenvalue weighted by atomic mass is 9.69. The van der Waals surface area contributed by atoms with E-state index in [0.29, 0.717) is 29.0 Å². The number of hydrogen-bond acceptors (Lipinski definition) is 6. The van der Waals surface area contributed by atoms with Crippen molar-refractivity contribution in [3.05, 3.63) is 29.5 Å². The third kappa shape index (κ3) is 2.95. The van der Waals surface area contributed by atoms with Crippen LogP contribution in [0.15, 0.2) is 23.8 Å². The highest BCUT2D eigenvalue weighted by Gasteiger charge is 2.48. The molecule has 0 spiro atoms. The van der Waals surface area contributed by atoms with Crippen molar-refractivity contribution >= 4 is 17.2 Å². The van der Waals surface area contributed by atoms with Crippen LogP contribution >= 0.6 is 11.3 Å². The summed E-state index contributed by atoms with van der Waals surface area (Å²) in [4.78, 5) is 27.6. The Balaban J connectivity index is 1.52. The van der Waals surface area contributed by atoms with Gasteiger partial charge in [0.2, 0.25) is 0 Å². The van der Waals surface area contributed by atoms with E-state index in [2.05, 4.69) is 15.0 Å². The van der Waals surface area contributed by atoms with Crippen LogP contribution in [0.2, 0.25) is 0 Å². The van der Waals surface area contributed by atoms with Gasteiger partial charge in [0.1, 0.15) is 5.69 Å². The zero-order chi connectivity index (χ0) is 17.4. The maximum atomic E-state index is 12.9. The molecule has 2 fully saturated rings. The molecule has 0 bridgehead atoms. The normalized spacial score (nSPS) is 28.8. The molecule has 1 aliphatic carbocycles. The summed E-state index contributed by atoms with van der Waals surface area (Å²) in [6, 6.07) is 1.75. The van der Waals surface area contributed by atoms with Crippen molar-refractivity contribution in [3.63, 3.8) is 0 Å². The Kier molecular flexibility index (Phi) is 4.29. The van der Waals surface area contributed by atoms with E-state index >= 15 is 0 Å². The molecule has 132 valence electrons. The van der Waals surface area contributed by atoms with Gasteiger partial charge in [-0.1, -0.05) is 13.3 Å². The third-order valence-corrected chi connectivity index (χ3v) is 6.53. The van der Waals surface area contributed by atoms with Crippen LogP contribution in [0.4, 0.5) is 0 Å². The van der Waals surface area contributed by atoms with Crippen LogP contribution in [-0.4, -0.2) is 49.6 Å². The highest BCUT2D eigenvalue weighted by Crippen LogP contribution is 2.44. The van der Waals surface area contributed by atoms with Crippen molar-refractivity contribution in [2.24, 2.45) is 11.8 Å². The maximum absolute atomic E-state index is 12.9. The van der Waals surface area contributed by atoms with Crippen LogP contribution in [0.1, 0.15) is 43.1 Å². The van der Waals surface area contributed by atoms with Crippen molar-refractivity contribution in [2.75, 3.05) is 13.1 Å². The summed E-state index contributed by atoms with van der Waals surface area (Å²) in [6.45, 7) is 3.39. The molecule has 4 rings (SSSR count). The predicted octanol–water partition coefficient (Wildman–Crippen LogP) is 2.61. The van der Waals surface area contributed by atoms with Gasteiger partial charge >= 0.3 is 0 Å². The van der Waals surface area contributed by atoms with E-state index in [1.807, 2.05) is 11.8 Å². The van der Waals surface area contributed by atoms with Crippen molar-refractivity contribution < 1.29 is 9.90 Å². The second kappa shape index (κ2) is 6.46. The van der Waals surface area contributed by atoms with Gasteiger partial charge in [0, 0.05) is 36.8 Å². The van der Waals surface area contributed by atoms with E-state index in [1.165, 1.54) is 11.3 Å². The molecule has 0 aromatic carbocycles. The molecule has 25 heavy (non-hydrogen) atoms. The zero-order valence-corrected chi connectivity index (χ0v) is 15.1. The maximum Gasteiger partial charge on any atom is 0.273 e. The number of nitrogens with zero attached hydrogens (tertiary/aromatic N) is 4. The molecule has 1 saturated carbocycles. The van der Waals surface area contributed by atoms with E-state index < -0.39 is 5.60 Å². The topological polar surface area (TPSA) is 79.2 Å². The fourth-order valence-electron chi connectivity index (χ4n) is 4.28. The lowest BCUT2D eigenvalue weighted by Crippen LogP contribution is -2.44. The summed E-state index contributed by atoms with van der Waals surface area (Å²) in [5, 5.41) is 13.3. The molecule has 1 aliphatic heterocycles. The van der Waals surface area contributed by atoms with Crippen LogP contribution in [-0.2, 0) is 0 Å². The average molecular weight is 358 g/mol. The van der Waals surface area contributed by atoms with E-state index in [9.17, 15) is 9.90 Å². The Morgan fingerprint density at radius 1 is 1.40 bits per heavy atom. The first-order chi connectivity index (χ1) is 12.1. The van der Waals surface area contributed by atoms with Gasteiger partial charge in [0.05, 0.1) is 5.60 Å². The molecule has 2 aromatic heterocycles. The van der Waals surface area contributed by atoms with Crippen LogP contribution in [0, 0.1) is 11.8 Å². The molecule has 1 N–H and O–H groups in total. The van der Waals surface area contributed by atoms with E-state index in [-0.39, 0.29) is 11.8 Å². The lowest BCUT2D eigenvalue weighted by Gasteiger charge is -2.40. The molecule has 1 saturated heterocycles. The van der Waals surface area contributed by atoms with Crippen molar-refractivity contribution in [1.29, 1.82) is 0 Å². The minimum atomic E-state index is -0.622. The minimum Gasteiger partial charge on any atom is -0.390 e.